The summed E-state index contributed by atoms with van der Waals surface area (Å²) >= 11 is 0. The number of nitrogens with one attached hydrogen (secondary N) is 1. The fourth-order valence-electron chi connectivity index (χ4n) is 5.12. The molecule has 2 saturated heterocycles. The van der Waals surface area contributed by atoms with Gasteiger partial charge in [-0.1, -0.05) is 21.3 Å². The van der Waals surface area contributed by atoms with Gasteiger partial charge in [0.25, 0.3) is 5.92 Å². The summed E-state index contributed by atoms with van der Waals surface area (Å²) in [6.45, 7) is 11.5. The Bertz CT molecular complexity index is 950. The first kappa shape index (κ1) is 27.4. The quantitative estimate of drug-likeness (QED) is 0.674. The van der Waals surface area contributed by atoms with Crippen molar-refractivity contribution in [1.29, 1.82) is 0 Å². The van der Waals surface area contributed by atoms with E-state index in [2.05, 4.69) is 27.0 Å². The number of hydrogen-bond acceptors (Lipinski definition) is 6. The lowest BCUT2D eigenvalue weighted by molar-refractivity contribution is -0.135. The Morgan fingerprint density at radius 2 is 2.03 bits per heavy atom. The highest BCUT2D eigenvalue weighted by Gasteiger charge is 2.42. The van der Waals surface area contributed by atoms with Crippen molar-refractivity contribution < 1.29 is 18.4 Å². The molecule has 2 fully saturated rings. The van der Waals surface area contributed by atoms with E-state index in [-0.39, 0.29) is 43.4 Å². The van der Waals surface area contributed by atoms with Crippen LogP contribution >= 0.6 is 0 Å². The lowest BCUT2D eigenvalue weighted by Gasteiger charge is -2.43. The second-order valence-electron chi connectivity index (χ2n) is 10.8. The molecule has 4 rings (SSSR count). The maximum atomic E-state index is 14.0. The van der Waals surface area contributed by atoms with Crippen LogP contribution in [0.4, 0.5) is 14.5 Å². The highest BCUT2D eigenvalue weighted by molar-refractivity contribution is 5.97. The van der Waals surface area contributed by atoms with Crippen LogP contribution in [0.3, 0.4) is 0 Å². The molecule has 8 nitrogen and oxygen atoms in total. The summed E-state index contributed by atoms with van der Waals surface area (Å²) in [7, 11) is 1.82. The number of piperazine rings is 2. The van der Waals surface area contributed by atoms with E-state index in [9.17, 15) is 18.4 Å². The van der Waals surface area contributed by atoms with Crippen LogP contribution in [-0.2, 0) is 20.9 Å². The number of nitrogens with zero attached hydrogens (tertiary/aromatic N) is 5. The van der Waals surface area contributed by atoms with E-state index in [0.717, 1.165) is 20.0 Å². The third-order valence-electron chi connectivity index (χ3n) is 7.23. The van der Waals surface area contributed by atoms with Crippen LogP contribution in [0.5, 0.6) is 0 Å². The second-order valence-corrected chi connectivity index (χ2v) is 10.8. The number of rotatable bonds is 5. The first-order valence-electron chi connectivity index (χ1n) is 12.0. The van der Waals surface area contributed by atoms with Crippen LogP contribution in [0.1, 0.15) is 46.4 Å². The van der Waals surface area contributed by atoms with Gasteiger partial charge in [0.15, 0.2) is 0 Å². The fraction of sp³-hybridized carbons (Fsp3) is 0.720. The maximum absolute atomic E-state index is 14.0. The van der Waals surface area contributed by atoms with Crippen LogP contribution in [0.25, 0.3) is 0 Å². The van der Waals surface area contributed by atoms with Gasteiger partial charge < -0.3 is 15.1 Å². The van der Waals surface area contributed by atoms with E-state index in [1.807, 2.05) is 20.9 Å². The molecule has 3 aliphatic heterocycles. The van der Waals surface area contributed by atoms with Gasteiger partial charge in [-0.05, 0) is 13.0 Å². The first-order valence-corrected chi connectivity index (χ1v) is 12.0. The summed E-state index contributed by atoms with van der Waals surface area (Å²) in [5, 5.41) is 3.49. The Balaban J connectivity index is 0.00000342. The van der Waals surface area contributed by atoms with E-state index >= 15 is 0 Å². The molecule has 0 bridgehead atoms. The minimum absolute atomic E-state index is 0. The fourth-order valence-corrected chi connectivity index (χ4v) is 5.12. The molecule has 0 aliphatic carbocycles. The predicted molar refractivity (Wildman–Crippen MR) is 133 cm³/mol. The van der Waals surface area contributed by atoms with Gasteiger partial charge in [0, 0.05) is 82.5 Å². The smallest absolute Gasteiger partial charge is 0.272 e. The Morgan fingerprint density at radius 1 is 1.31 bits per heavy atom. The number of pyridine rings is 1. The summed E-state index contributed by atoms with van der Waals surface area (Å²) in [6.07, 6.45) is 1.22. The Hall–Kier alpha value is -2.17. The highest BCUT2D eigenvalue weighted by atomic mass is 19.3. The molecule has 1 N–H and O–H groups in total. The molecule has 196 valence electrons. The standard InChI is InChI=1S/C24H36F2N6O2.CH4/c1-16-11-31(18(10-27-16)12-30-7-6-29(5)20(33)13-30)14-21(34)32-15-23(2,3)22-19(32)8-17(9-28-22)24(4,25)26;/h8-9,16,18,27H,6-7,10-15H2,1-5H3;1H4/t16-,18-;/m1./s1. The Morgan fingerprint density at radius 3 is 2.69 bits per heavy atom. The molecular formula is C25H40F2N6O2. The Kier molecular flexibility index (Phi) is 7.88. The third kappa shape index (κ3) is 5.81. The van der Waals surface area contributed by atoms with Crippen LogP contribution in [0, 0.1) is 0 Å². The topological polar surface area (TPSA) is 72.0 Å². The zero-order chi connectivity index (χ0) is 24.8. The molecule has 0 spiro atoms. The number of carbonyl (C=O) groups is 2. The van der Waals surface area contributed by atoms with Crippen LogP contribution < -0.4 is 10.2 Å². The van der Waals surface area contributed by atoms with Crippen molar-refractivity contribution in [2.75, 3.05) is 64.3 Å². The summed E-state index contributed by atoms with van der Waals surface area (Å²) < 4.78 is 28.0. The normalized spacial score (nSPS) is 25.4. The number of aromatic nitrogens is 1. The van der Waals surface area contributed by atoms with Crippen molar-refractivity contribution in [2.24, 2.45) is 0 Å². The lowest BCUT2D eigenvalue weighted by atomic mass is 9.91. The van der Waals surface area contributed by atoms with Crippen molar-refractivity contribution in [3.8, 4) is 0 Å². The number of hydrogen-bond donors (Lipinski definition) is 1. The molecular weight excluding hydrogens is 454 g/mol. The Labute approximate surface area is 207 Å². The molecule has 0 unspecified atom stereocenters. The number of likely N-dealkylation sites (N-methyl/N-ethyl adjacent to an activating group) is 1. The molecule has 10 heteroatoms. The lowest BCUT2D eigenvalue weighted by Crippen LogP contribution is -2.62. The number of amides is 2. The first-order chi connectivity index (χ1) is 15.8. The van der Waals surface area contributed by atoms with Crippen molar-refractivity contribution in [2.45, 2.75) is 58.5 Å². The van der Waals surface area contributed by atoms with Gasteiger partial charge in [0.1, 0.15) is 0 Å². The molecule has 0 aromatic carbocycles. The monoisotopic (exact) mass is 494 g/mol. The van der Waals surface area contributed by atoms with Gasteiger partial charge >= 0.3 is 0 Å². The molecule has 0 radical (unpaired) electrons. The molecule has 0 saturated carbocycles. The number of alkyl halides is 2. The van der Waals surface area contributed by atoms with Crippen LogP contribution in [0.2, 0.25) is 0 Å². The summed E-state index contributed by atoms with van der Waals surface area (Å²) in [5.74, 6) is -3.03. The zero-order valence-corrected chi connectivity index (χ0v) is 20.8. The van der Waals surface area contributed by atoms with Crippen LogP contribution in [-0.4, -0.2) is 103 Å². The molecule has 3 aliphatic rings. The minimum Gasteiger partial charge on any atom is -0.343 e. The summed E-state index contributed by atoms with van der Waals surface area (Å²) in [6, 6.07) is 1.73. The number of fused-ring (bicyclic) bond motifs is 1. The molecule has 35 heavy (non-hydrogen) atoms. The van der Waals surface area contributed by atoms with E-state index in [1.165, 1.54) is 12.3 Å². The predicted octanol–water partition coefficient (Wildman–Crippen LogP) is 1.89. The zero-order valence-electron chi connectivity index (χ0n) is 20.8. The van der Waals surface area contributed by atoms with E-state index in [0.29, 0.717) is 44.1 Å². The molecule has 2 amide bonds. The molecule has 1 aromatic heterocycles. The van der Waals surface area contributed by atoms with E-state index in [1.54, 1.807) is 9.80 Å². The van der Waals surface area contributed by atoms with Gasteiger partial charge in [-0.15, -0.1) is 0 Å². The van der Waals surface area contributed by atoms with Gasteiger partial charge in [0.05, 0.1) is 24.5 Å². The average molecular weight is 495 g/mol. The largest absolute Gasteiger partial charge is 0.343 e. The van der Waals surface area contributed by atoms with Gasteiger partial charge in [-0.2, -0.15) is 0 Å². The number of anilines is 1. The SMILES string of the molecule is C.C[C@@H]1CN(CC(=O)N2CC(C)(C)c3ncc(C(C)(F)F)cc32)[C@@H](CN2CCN(C)C(=O)C2)CN1. The number of halogens is 2. The van der Waals surface area contributed by atoms with Crippen molar-refractivity contribution in [1.82, 2.24) is 25.0 Å². The van der Waals surface area contributed by atoms with Crippen molar-refractivity contribution >= 4 is 17.5 Å². The van der Waals surface area contributed by atoms with Crippen molar-refractivity contribution in [3.63, 3.8) is 0 Å². The molecule has 4 heterocycles. The molecule has 2 atom stereocenters. The van der Waals surface area contributed by atoms with Gasteiger partial charge in [-0.3, -0.25) is 24.4 Å². The summed E-state index contributed by atoms with van der Waals surface area (Å²) in [4.78, 5) is 37.7. The third-order valence-corrected chi connectivity index (χ3v) is 7.23. The highest BCUT2D eigenvalue weighted by Crippen LogP contribution is 2.41. The van der Waals surface area contributed by atoms with E-state index < -0.39 is 11.3 Å². The van der Waals surface area contributed by atoms with E-state index in [4.69, 9.17) is 0 Å². The van der Waals surface area contributed by atoms with Crippen LogP contribution in [0.15, 0.2) is 12.3 Å². The second kappa shape index (κ2) is 10.1. The molecule has 1 aromatic rings. The van der Waals surface area contributed by atoms with Gasteiger partial charge in [-0.25, -0.2) is 8.78 Å². The van der Waals surface area contributed by atoms with Crippen molar-refractivity contribution in [3.05, 3.63) is 23.5 Å². The maximum Gasteiger partial charge on any atom is 0.272 e. The van der Waals surface area contributed by atoms with Gasteiger partial charge in [0.2, 0.25) is 11.8 Å². The average Bonchev–Trinajstić information content (AvgIpc) is 3.02. The number of carbonyl (C=O) groups excluding carboxylic acids is 2. The minimum atomic E-state index is -3.03. The summed E-state index contributed by atoms with van der Waals surface area (Å²) in [5.41, 5.74) is 0.562.